The molecule has 0 saturated heterocycles. The van der Waals surface area contributed by atoms with Gasteiger partial charge in [-0.2, -0.15) is 0 Å². The summed E-state index contributed by atoms with van der Waals surface area (Å²) in [6.45, 7) is 0. The van der Waals surface area contributed by atoms with Crippen molar-refractivity contribution in [1.82, 2.24) is 0 Å². The Morgan fingerprint density at radius 2 is 1.29 bits per heavy atom. The average molecular weight is 300 g/mol. The van der Waals surface area contributed by atoms with E-state index in [1.807, 2.05) is 0 Å². The van der Waals surface area contributed by atoms with Crippen molar-refractivity contribution in [3.05, 3.63) is 0 Å². The highest BCUT2D eigenvalue weighted by atomic mass is 33.5. The Labute approximate surface area is 111 Å². The molecule has 0 fully saturated rings. The van der Waals surface area contributed by atoms with E-state index in [9.17, 15) is 9.59 Å². The summed E-state index contributed by atoms with van der Waals surface area (Å²) in [6.07, 6.45) is 0.838. The van der Waals surface area contributed by atoms with Crippen LogP contribution in [-0.4, -0.2) is 45.7 Å². The molecule has 0 aromatic rings. The van der Waals surface area contributed by atoms with Crippen LogP contribution in [0.3, 0.4) is 0 Å². The molecule has 0 aliphatic rings. The first kappa shape index (κ1) is 16.9. The topological polar surface area (TPSA) is 127 Å². The molecule has 2 atom stereocenters. The fourth-order valence-corrected chi connectivity index (χ4v) is 4.63. The minimum Gasteiger partial charge on any atom is -0.480 e. The molecule has 0 radical (unpaired) electrons. The maximum atomic E-state index is 10.4. The quantitative estimate of drug-likeness (QED) is 0.339. The van der Waals surface area contributed by atoms with Crippen LogP contribution in [0.1, 0.15) is 12.8 Å². The second-order valence-electron chi connectivity index (χ2n) is 3.18. The third-order valence-corrected chi connectivity index (χ3v) is 6.06. The number of nitrogens with two attached hydrogens (primary N) is 2. The Bertz CT molecular complexity index is 231. The molecule has 0 aromatic heterocycles. The minimum absolute atomic E-state index is 0.419. The average Bonchev–Trinajstić information content (AvgIpc) is 2.26. The van der Waals surface area contributed by atoms with Crippen molar-refractivity contribution in [1.29, 1.82) is 0 Å². The Hall–Kier alpha value is -0.0900. The van der Waals surface area contributed by atoms with Crippen molar-refractivity contribution in [2.45, 2.75) is 24.9 Å². The smallest absolute Gasteiger partial charge is 0.320 e. The van der Waals surface area contributed by atoms with Gasteiger partial charge in [0, 0.05) is 11.5 Å². The molecule has 0 heterocycles. The first-order valence-electron chi connectivity index (χ1n) is 4.83. The fourth-order valence-electron chi connectivity index (χ4n) is 0.699. The van der Waals surface area contributed by atoms with Crippen LogP contribution in [0.5, 0.6) is 0 Å². The van der Waals surface area contributed by atoms with E-state index in [1.165, 1.54) is 31.4 Å². The molecule has 9 heteroatoms. The highest BCUT2D eigenvalue weighted by Crippen LogP contribution is 2.35. The number of hydrogen-bond donors (Lipinski definition) is 4. The number of aliphatic carboxylic acids is 2. The number of hydrogen-bond acceptors (Lipinski definition) is 7. The standard InChI is InChI=1S/C8H16N2O4S3/c9-5(7(11)12)1-3-15-17-16-4-2-6(10)8(13)14/h5-6H,1-4,9-10H2,(H,11,12)(H,13,14)/t5-,6-/m0/s1. The van der Waals surface area contributed by atoms with Gasteiger partial charge < -0.3 is 21.7 Å². The second kappa shape index (κ2) is 9.89. The van der Waals surface area contributed by atoms with Crippen molar-refractivity contribution in [3.8, 4) is 0 Å². The van der Waals surface area contributed by atoms with E-state index in [0.717, 1.165) is 0 Å². The summed E-state index contributed by atoms with van der Waals surface area (Å²) >= 11 is 0. The van der Waals surface area contributed by atoms with Crippen LogP contribution in [0.4, 0.5) is 0 Å². The zero-order valence-electron chi connectivity index (χ0n) is 9.07. The van der Waals surface area contributed by atoms with E-state index in [1.54, 1.807) is 0 Å². The van der Waals surface area contributed by atoms with Crippen LogP contribution in [0, 0.1) is 0 Å². The molecule has 0 bridgehead atoms. The van der Waals surface area contributed by atoms with Crippen LogP contribution in [-0.2, 0) is 9.59 Å². The Balaban J connectivity index is 3.30. The largest absolute Gasteiger partial charge is 0.480 e. The van der Waals surface area contributed by atoms with Gasteiger partial charge in [0.15, 0.2) is 0 Å². The molecule has 100 valence electrons. The van der Waals surface area contributed by atoms with Gasteiger partial charge in [-0.05, 0) is 22.7 Å². The molecule has 0 aliphatic heterocycles. The molecule has 17 heavy (non-hydrogen) atoms. The first-order valence-corrected chi connectivity index (χ1v) is 8.65. The molecule has 0 aliphatic carbocycles. The van der Waals surface area contributed by atoms with Gasteiger partial charge in [0.2, 0.25) is 0 Å². The van der Waals surface area contributed by atoms with Gasteiger partial charge in [-0.1, -0.05) is 21.6 Å². The van der Waals surface area contributed by atoms with Crippen LogP contribution in [0.2, 0.25) is 0 Å². The number of carbonyl (C=O) groups is 2. The lowest BCUT2D eigenvalue weighted by Gasteiger charge is -2.06. The van der Waals surface area contributed by atoms with Gasteiger partial charge in [-0.3, -0.25) is 9.59 Å². The summed E-state index contributed by atoms with van der Waals surface area (Å²) in [5, 5.41) is 17.0. The number of carboxylic acid groups (broad SMARTS) is 2. The highest BCUT2D eigenvalue weighted by Gasteiger charge is 2.11. The van der Waals surface area contributed by atoms with E-state index >= 15 is 0 Å². The normalized spacial score (nSPS) is 14.2. The lowest BCUT2D eigenvalue weighted by molar-refractivity contribution is -0.139. The van der Waals surface area contributed by atoms with Gasteiger partial charge in [0.05, 0.1) is 0 Å². The molecule has 0 saturated carbocycles. The molecule has 0 spiro atoms. The van der Waals surface area contributed by atoms with Gasteiger partial charge in [0.1, 0.15) is 12.1 Å². The third-order valence-electron chi connectivity index (χ3n) is 1.75. The summed E-state index contributed by atoms with van der Waals surface area (Å²) in [5.41, 5.74) is 10.6. The molecule has 6 N–H and O–H groups in total. The minimum atomic E-state index is -0.990. The number of carboxylic acids is 2. The first-order chi connectivity index (χ1) is 7.95. The van der Waals surface area contributed by atoms with Crippen molar-refractivity contribution < 1.29 is 19.8 Å². The van der Waals surface area contributed by atoms with Crippen LogP contribution in [0.25, 0.3) is 0 Å². The molecule has 0 rings (SSSR count). The molecule has 6 nitrogen and oxygen atoms in total. The predicted octanol–water partition coefficient (Wildman–Crippen LogP) is 0.620. The molecule has 0 aromatic carbocycles. The molecular weight excluding hydrogens is 284 g/mol. The van der Waals surface area contributed by atoms with Crippen LogP contribution in [0.15, 0.2) is 0 Å². The molecule has 0 amide bonds. The van der Waals surface area contributed by atoms with E-state index in [-0.39, 0.29) is 0 Å². The Kier molecular flexibility index (Phi) is 9.84. The predicted molar refractivity (Wildman–Crippen MR) is 73.0 cm³/mol. The summed E-state index contributed by atoms with van der Waals surface area (Å²) in [5.74, 6) is -0.682. The van der Waals surface area contributed by atoms with Gasteiger partial charge in [-0.25, -0.2) is 0 Å². The van der Waals surface area contributed by atoms with Gasteiger partial charge >= 0.3 is 11.9 Å². The van der Waals surface area contributed by atoms with E-state index in [0.29, 0.717) is 24.3 Å². The number of rotatable bonds is 10. The zero-order valence-corrected chi connectivity index (χ0v) is 11.5. The molecule has 0 unspecified atom stereocenters. The summed E-state index contributed by atoms with van der Waals surface area (Å²) in [6, 6.07) is -1.62. The highest BCUT2D eigenvalue weighted by molar-refractivity contribution is 9.09. The third kappa shape index (κ3) is 9.60. The Morgan fingerprint density at radius 3 is 1.59 bits per heavy atom. The second-order valence-corrected chi connectivity index (χ2v) is 7.65. The lowest BCUT2D eigenvalue weighted by atomic mass is 10.2. The van der Waals surface area contributed by atoms with E-state index in [4.69, 9.17) is 21.7 Å². The Morgan fingerprint density at radius 1 is 0.941 bits per heavy atom. The zero-order chi connectivity index (χ0) is 13.3. The maximum absolute atomic E-state index is 10.4. The van der Waals surface area contributed by atoms with Gasteiger partial charge in [0.25, 0.3) is 0 Å². The van der Waals surface area contributed by atoms with Crippen molar-refractivity contribution >= 4 is 43.4 Å². The van der Waals surface area contributed by atoms with Crippen molar-refractivity contribution in [2.75, 3.05) is 11.5 Å². The van der Waals surface area contributed by atoms with Crippen molar-refractivity contribution in [3.63, 3.8) is 0 Å². The van der Waals surface area contributed by atoms with Crippen LogP contribution >= 0.6 is 31.4 Å². The van der Waals surface area contributed by atoms with E-state index < -0.39 is 24.0 Å². The summed E-state index contributed by atoms with van der Waals surface area (Å²) < 4.78 is 0. The van der Waals surface area contributed by atoms with Gasteiger partial charge in [-0.15, -0.1) is 0 Å². The SMILES string of the molecule is N[C@@H](CCSSSCC[C@H](N)C(=O)O)C(=O)O. The van der Waals surface area contributed by atoms with Crippen LogP contribution < -0.4 is 11.5 Å². The monoisotopic (exact) mass is 300 g/mol. The summed E-state index contributed by atoms with van der Waals surface area (Å²) in [4.78, 5) is 20.8. The summed E-state index contributed by atoms with van der Waals surface area (Å²) in [7, 11) is 4.51. The fraction of sp³-hybridized carbons (Fsp3) is 0.750. The maximum Gasteiger partial charge on any atom is 0.320 e. The van der Waals surface area contributed by atoms with E-state index in [2.05, 4.69) is 0 Å². The molecular formula is C8H16N2O4S3. The lowest BCUT2D eigenvalue weighted by Crippen LogP contribution is -2.30. The van der Waals surface area contributed by atoms with Crippen molar-refractivity contribution in [2.24, 2.45) is 11.5 Å².